The molecular weight excluding hydrogens is 361 g/mol. The second kappa shape index (κ2) is 7.23. The van der Waals surface area contributed by atoms with Crippen molar-refractivity contribution in [1.82, 2.24) is 4.90 Å². The van der Waals surface area contributed by atoms with Crippen LogP contribution in [0, 0.1) is 13.8 Å². The van der Waals surface area contributed by atoms with Gasteiger partial charge in [-0.1, -0.05) is 18.2 Å². The van der Waals surface area contributed by atoms with Crippen molar-refractivity contribution in [2.45, 2.75) is 25.4 Å². The largest absolute Gasteiger partial charge is 0.416 e. The van der Waals surface area contributed by atoms with Gasteiger partial charge in [-0.15, -0.1) is 11.8 Å². The first-order valence-electron chi connectivity index (χ1n) is 8.19. The van der Waals surface area contributed by atoms with Crippen LogP contribution in [0.4, 0.5) is 23.7 Å². The average molecular weight is 380 g/mol. The van der Waals surface area contributed by atoms with Crippen molar-refractivity contribution >= 4 is 23.5 Å². The van der Waals surface area contributed by atoms with E-state index in [9.17, 15) is 18.0 Å². The molecule has 3 nitrogen and oxygen atoms in total. The Morgan fingerprint density at radius 3 is 2.42 bits per heavy atom. The number of amides is 2. The molecule has 1 aliphatic heterocycles. The number of aryl methyl sites for hydroxylation is 2. The third-order valence-corrected chi connectivity index (χ3v) is 5.69. The van der Waals surface area contributed by atoms with Gasteiger partial charge in [0.05, 0.1) is 5.56 Å². The molecule has 1 N–H and O–H groups in total. The number of alkyl halides is 3. The zero-order valence-corrected chi connectivity index (χ0v) is 15.2. The SMILES string of the molecule is Cc1ccc(NC(=O)N2CCS[C@@H]2c2ccc(C(F)(F)F)cc2)cc1C. The Kier molecular flexibility index (Phi) is 5.18. The number of thioether (sulfide) groups is 1. The van der Waals surface area contributed by atoms with Gasteiger partial charge in [0.25, 0.3) is 0 Å². The van der Waals surface area contributed by atoms with Crippen molar-refractivity contribution in [3.8, 4) is 0 Å². The van der Waals surface area contributed by atoms with E-state index in [-0.39, 0.29) is 11.4 Å². The van der Waals surface area contributed by atoms with Crippen LogP contribution in [0.25, 0.3) is 0 Å². The number of nitrogens with zero attached hydrogens (tertiary/aromatic N) is 1. The minimum Gasteiger partial charge on any atom is -0.308 e. The van der Waals surface area contributed by atoms with Crippen LogP contribution in [0.5, 0.6) is 0 Å². The lowest BCUT2D eigenvalue weighted by Gasteiger charge is -2.25. The zero-order chi connectivity index (χ0) is 18.9. The molecule has 1 fully saturated rings. The Morgan fingerprint density at radius 2 is 1.81 bits per heavy atom. The molecular formula is C19H19F3N2OS. The van der Waals surface area contributed by atoms with E-state index in [1.54, 1.807) is 16.7 Å². The molecule has 0 radical (unpaired) electrons. The normalized spacial score (nSPS) is 17.4. The van der Waals surface area contributed by atoms with Crippen molar-refractivity contribution in [2.24, 2.45) is 0 Å². The number of carbonyl (C=O) groups is 1. The number of carbonyl (C=O) groups excluding carboxylic acids is 1. The van der Waals surface area contributed by atoms with Gasteiger partial charge in [-0.2, -0.15) is 13.2 Å². The smallest absolute Gasteiger partial charge is 0.308 e. The summed E-state index contributed by atoms with van der Waals surface area (Å²) in [7, 11) is 0. The molecule has 2 aromatic rings. The Labute approximate surface area is 154 Å². The summed E-state index contributed by atoms with van der Waals surface area (Å²) in [4.78, 5) is 14.3. The second-order valence-electron chi connectivity index (χ2n) is 6.27. The third kappa shape index (κ3) is 3.98. The van der Waals surface area contributed by atoms with E-state index in [2.05, 4.69) is 5.32 Å². The Balaban J connectivity index is 1.75. The number of anilines is 1. The van der Waals surface area contributed by atoms with Crippen LogP contribution in [-0.2, 0) is 6.18 Å². The van der Waals surface area contributed by atoms with E-state index < -0.39 is 11.7 Å². The molecule has 0 unspecified atom stereocenters. The van der Waals surface area contributed by atoms with Gasteiger partial charge in [-0.3, -0.25) is 0 Å². The summed E-state index contributed by atoms with van der Waals surface area (Å²) in [6, 6.07) is 10.5. The van der Waals surface area contributed by atoms with E-state index in [1.165, 1.54) is 12.1 Å². The molecule has 2 amide bonds. The molecule has 26 heavy (non-hydrogen) atoms. The molecule has 1 aliphatic rings. The lowest BCUT2D eigenvalue weighted by atomic mass is 10.1. The summed E-state index contributed by atoms with van der Waals surface area (Å²) >= 11 is 1.55. The van der Waals surface area contributed by atoms with E-state index in [0.717, 1.165) is 29.0 Å². The fourth-order valence-corrected chi connectivity index (χ4v) is 4.06. The van der Waals surface area contributed by atoms with Crippen molar-refractivity contribution in [2.75, 3.05) is 17.6 Å². The minimum absolute atomic E-state index is 0.247. The lowest BCUT2D eigenvalue weighted by molar-refractivity contribution is -0.137. The summed E-state index contributed by atoms with van der Waals surface area (Å²) in [5, 5.41) is 2.59. The highest BCUT2D eigenvalue weighted by molar-refractivity contribution is 7.99. The Hall–Kier alpha value is -2.15. The number of hydrogen-bond acceptors (Lipinski definition) is 2. The van der Waals surface area contributed by atoms with Crippen LogP contribution in [0.2, 0.25) is 0 Å². The molecule has 1 heterocycles. The molecule has 0 spiro atoms. The first kappa shape index (κ1) is 18.6. The van der Waals surface area contributed by atoms with Gasteiger partial charge in [0, 0.05) is 18.0 Å². The number of benzene rings is 2. The highest BCUT2D eigenvalue weighted by atomic mass is 32.2. The summed E-state index contributed by atoms with van der Waals surface area (Å²) in [6.07, 6.45) is -4.36. The van der Waals surface area contributed by atoms with Crippen LogP contribution in [0.3, 0.4) is 0 Å². The number of nitrogens with one attached hydrogen (secondary N) is 1. The van der Waals surface area contributed by atoms with Crippen LogP contribution >= 0.6 is 11.8 Å². The minimum atomic E-state index is -4.36. The topological polar surface area (TPSA) is 32.3 Å². The van der Waals surface area contributed by atoms with Crippen LogP contribution in [0.1, 0.15) is 27.6 Å². The summed E-state index contributed by atoms with van der Waals surface area (Å²) in [6.45, 7) is 4.52. The molecule has 7 heteroatoms. The monoisotopic (exact) mass is 380 g/mol. The van der Waals surface area contributed by atoms with Gasteiger partial charge < -0.3 is 10.2 Å². The molecule has 0 saturated carbocycles. The van der Waals surface area contributed by atoms with Gasteiger partial charge in [0.1, 0.15) is 5.37 Å². The molecule has 0 aliphatic carbocycles. The predicted molar refractivity (Wildman–Crippen MR) is 98.3 cm³/mol. The van der Waals surface area contributed by atoms with Gasteiger partial charge >= 0.3 is 12.2 Å². The van der Waals surface area contributed by atoms with Gasteiger partial charge in [0.15, 0.2) is 0 Å². The maximum atomic E-state index is 12.7. The van der Waals surface area contributed by atoms with Crippen molar-refractivity contribution in [1.29, 1.82) is 0 Å². The van der Waals surface area contributed by atoms with Crippen LogP contribution in [-0.4, -0.2) is 23.2 Å². The molecule has 2 aromatic carbocycles. The maximum absolute atomic E-state index is 12.7. The summed E-state index contributed by atoms with van der Waals surface area (Å²) < 4.78 is 38.2. The average Bonchev–Trinajstić information content (AvgIpc) is 3.07. The first-order chi connectivity index (χ1) is 12.3. The Bertz CT molecular complexity index is 805. The van der Waals surface area contributed by atoms with Gasteiger partial charge in [-0.05, 0) is 54.8 Å². The van der Waals surface area contributed by atoms with E-state index in [1.807, 2.05) is 32.0 Å². The molecule has 1 atom stereocenters. The molecule has 0 aromatic heterocycles. The molecule has 1 saturated heterocycles. The fraction of sp³-hybridized carbons (Fsp3) is 0.316. The lowest BCUT2D eigenvalue weighted by Crippen LogP contribution is -2.34. The van der Waals surface area contributed by atoms with Gasteiger partial charge in [0.2, 0.25) is 0 Å². The van der Waals surface area contributed by atoms with Crippen molar-refractivity contribution in [3.63, 3.8) is 0 Å². The number of urea groups is 1. The molecule has 0 bridgehead atoms. The van der Waals surface area contributed by atoms with Crippen LogP contribution < -0.4 is 5.32 Å². The Morgan fingerprint density at radius 1 is 1.12 bits per heavy atom. The van der Waals surface area contributed by atoms with Crippen molar-refractivity contribution in [3.05, 3.63) is 64.7 Å². The standard InChI is InChI=1S/C19H19F3N2OS/c1-12-3-8-16(11-13(12)2)23-18(25)24-9-10-26-17(24)14-4-6-15(7-5-14)19(20,21)22/h3-8,11,17H,9-10H2,1-2H3,(H,23,25)/t17-/m1/s1. The quantitative estimate of drug-likeness (QED) is 0.735. The number of halogens is 3. The zero-order valence-electron chi connectivity index (χ0n) is 14.4. The second-order valence-corrected chi connectivity index (χ2v) is 7.45. The first-order valence-corrected chi connectivity index (χ1v) is 9.24. The summed E-state index contributed by atoms with van der Waals surface area (Å²) in [5.41, 5.74) is 2.94. The van der Waals surface area contributed by atoms with E-state index in [4.69, 9.17) is 0 Å². The highest BCUT2D eigenvalue weighted by Crippen LogP contribution is 2.39. The number of rotatable bonds is 2. The molecule has 3 rings (SSSR count). The highest BCUT2D eigenvalue weighted by Gasteiger charge is 2.33. The van der Waals surface area contributed by atoms with Crippen LogP contribution in [0.15, 0.2) is 42.5 Å². The van der Waals surface area contributed by atoms with Gasteiger partial charge in [-0.25, -0.2) is 4.79 Å². The third-order valence-electron chi connectivity index (χ3n) is 4.43. The fourth-order valence-electron chi connectivity index (χ4n) is 2.81. The van der Waals surface area contributed by atoms with E-state index >= 15 is 0 Å². The number of hydrogen-bond donors (Lipinski definition) is 1. The molecule has 138 valence electrons. The summed E-state index contributed by atoms with van der Waals surface area (Å²) in [5.74, 6) is 0.742. The maximum Gasteiger partial charge on any atom is 0.416 e. The van der Waals surface area contributed by atoms with E-state index in [0.29, 0.717) is 17.8 Å². The van der Waals surface area contributed by atoms with Crippen molar-refractivity contribution < 1.29 is 18.0 Å². The predicted octanol–water partition coefficient (Wildman–Crippen LogP) is 5.60.